The molecule has 0 radical (unpaired) electrons. The van der Waals surface area contributed by atoms with E-state index in [-0.39, 0.29) is 4.90 Å². The number of nitrogens with zero attached hydrogens (tertiary/aromatic N) is 1. The molecule has 0 aromatic heterocycles. The van der Waals surface area contributed by atoms with Crippen LogP contribution in [-0.2, 0) is 9.59 Å². The van der Waals surface area contributed by atoms with Crippen molar-refractivity contribution in [2.75, 3.05) is 6.54 Å². The number of nitrogens with one attached hydrogen (secondary N) is 1. The van der Waals surface area contributed by atoms with Crippen LogP contribution in [0, 0.1) is 0 Å². The summed E-state index contributed by atoms with van der Waals surface area (Å²) in [6.45, 7) is -0.328. The quantitative estimate of drug-likeness (QED) is 0.585. The number of halogens is 3. The normalized spacial score (nSPS) is 26.2. The number of hydrogen-bond donors (Lipinski definition) is 3. The number of nitrogens with two attached hydrogens (primary N) is 1. The lowest BCUT2D eigenvalue weighted by Gasteiger charge is -2.24. The van der Waals surface area contributed by atoms with Crippen LogP contribution in [0.2, 0.25) is 0 Å². The lowest BCUT2D eigenvalue weighted by Crippen LogP contribution is -2.56. The molecule has 1 aliphatic heterocycles. The molecule has 1 saturated heterocycles. The first kappa shape index (κ1) is 14.2. The van der Waals surface area contributed by atoms with Crippen molar-refractivity contribution in [2.45, 2.75) is 24.7 Å². The standard InChI is InChI=1S/C8H10F3N3O4/c1-7(8(9,10)11)5(17)14(6(18)13-7)2-3(12)4(15)16/h3H,2,12H2,1H3,(H,13,18)(H,15,16). The molecule has 1 fully saturated rings. The Balaban J connectivity index is 2.96. The molecule has 0 spiro atoms. The Hall–Kier alpha value is -1.84. The minimum Gasteiger partial charge on any atom is -0.480 e. The summed E-state index contributed by atoms with van der Waals surface area (Å²) in [6, 6.07) is -2.97. The number of carboxylic acid groups (broad SMARTS) is 1. The second kappa shape index (κ2) is 4.12. The Labute approximate surface area is 98.7 Å². The van der Waals surface area contributed by atoms with Crippen molar-refractivity contribution in [1.29, 1.82) is 0 Å². The SMILES string of the molecule is CC1(C(F)(F)F)NC(=O)N(CC(N)C(=O)O)C1=O. The molecule has 1 heterocycles. The van der Waals surface area contributed by atoms with Crippen LogP contribution in [0.3, 0.4) is 0 Å². The topological polar surface area (TPSA) is 113 Å². The molecule has 1 rings (SSSR count). The van der Waals surface area contributed by atoms with Crippen LogP contribution in [0.1, 0.15) is 6.92 Å². The average molecular weight is 269 g/mol. The molecule has 10 heteroatoms. The molecule has 0 aromatic rings. The van der Waals surface area contributed by atoms with E-state index in [4.69, 9.17) is 10.8 Å². The number of amides is 3. The zero-order chi connectivity index (χ0) is 14.3. The number of rotatable bonds is 3. The summed E-state index contributed by atoms with van der Waals surface area (Å²) < 4.78 is 37.9. The van der Waals surface area contributed by atoms with Gasteiger partial charge in [0.05, 0.1) is 6.54 Å². The van der Waals surface area contributed by atoms with E-state index in [0.717, 1.165) is 0 Å². The second-order valence-electron chi connectivity index (χ2n) is 3.91. The van der Waals surface area contributed by atoms with Gasteiger partial charge in [-0.25, -0.2) is 4.79 Å². The zero-order valence-corrected chi connectivity index (χ0v) is 9.11. The lowest BCUT2D eigenvalue weighted by atomic mass is 10.0. The van der Waals surface area contributed by atoms with Gasteiger partial charge in [0.25, 0.3) is 5.91 Å². The minimum atomic E-state index is -4.98. The number of carboxylic acids is 1. The monoisotopic (exact) mass is 269 g/mol. The first-order valence-corrected chi connectivity index (χ1v) is 4.70. The molecule has 0 saturated carbocycles. The number of carbonyl (C=O) groups is 3. The number of aliphatic carboxylic acids is 1. The van der Waals surface area contributed by atoms with Crippen molar-refractivity contribution >= 4 is 17.9 Å². The van der Waals surface area contributed by atoms with Gasteiger partial charge in [0.2, 0.25) is 5.54 Å². The molecule has 7 nitrogen and oxygen atoms in total. The molecular formula is C8H10F3N3O4. The van der Waals surface area contributed by atoms with Crippen LogP contribution in [0.15, 0.2) is 0 Å². The Kier molecular flexibility index (Phi) is 3.26. The number of hydrogen-bond acceptors (Lipinski definition) is 4. The highest BCUT2D eigenvalue weighted by molar-refractivity contribution is 6.07. The molecular weight excluding hydrogens is 259 g/mol. The molecule has 18 heavy (non-hydrogen) atoms. The molecule has 2 unspecified atom stereocenters. The predicted octanol–water partition coefficient (Wildman–Crippen LogP) is -0.729. The molecule has 0 aromatic carbocycles. The van der Waals surface area contributed by atoms with E-state index in [9.17, 15) is 27.6 Å². The third-order valence-electron chi connectivity index (χ3n) is 2.54. The van der Waals surface area contributed by atoms with E-state index in [1.807, 2.05) is 0 Å². The van der Waals surface area contributed by atoms with Gasteiger partial charge >= 0.3 is 18.2 Å². The summed E-state index contributed by atoms with van der Waals surface area (Å²) >= 11 is 0. The summed E-state index contributed by atoms with van der Waals surface area (Å²) in [7, 11) is 0. The van der Waals surface area contributed by atoms with Gasteiger partial charge in [0, 0.05) is 0 Å². The van der Waals surface area contributed by atoms with E-state index in [1.54, 1.807) is 0 Å². The zero-order valence-electron chi connectivity index (χ0n) is 9.11. The van der Waals surface area contributed by atoms with E-state index in [1.165, 1.54) is 5.32 Å². The van der Waals surface area contributed by atoms with E-state index >= 15 is 0 Å². The van der Waals surface area contributed by atoms with Crippen molar-refractivity contribution in [3.8, 4) is 0 Å². The highest BCUT2D eigenvalue weighted by atomic mass is 19.4. The number of alkyl halides is 3. The first-order chi connectivity index (χ1) is 8.00. The van der Waals surface area contributed by atoms with Gasteiger partial charge in [0.1, 0.15) is 6.04 Å². The van der Waals surface area contributed by atoms with Crippen molar-refractivity contribution < 1.29 is 32.7 Å². The van der Waals surface area contributed by atoms with Crippen LogP contribution in [0.25, 0.3) is 0 Å². The van der Waals surface area contributed by atoms with Crippen molar-refractivity contribution in [3.63, 3.8) is 0 Å². The summed E-state index contributed by atoms with van der Waals surface area (Å²) in [5.74, 6) is -3.10. The van der Waals surface area contributed by atoms with Crippen molar-refractivity contribution in [2.24, 2.45) is 5.73 Å². The molecule has 4 N–H and O–H groups in total. The lowest BCUT2D eigenvalue weighted by molar-refractivity contribution is -0.191. The van der Waals surface area contributed by atoms with Crippen LogP contribution < -0.4 is 11.1 Å². The maximum absolute atomic E-state index is 12.6. The van der Waals surface area contributed by atoms with Crippen LogP contribution >= 0.6 is 0 Å². The fourth-order valence-electron chi connectivity index (χ4n) is 1.33. The Morgan fingerprint density at radius 1 is 1.56 bits per heavy atom. The highest BCUT2D eigenvalue weighted by Gasteiger charge is 2.64. The van der Waals surface area contributed by atoms with E-state index < -0.39 is 42.2 Å². The highest BCUT2D eigenvalue weighted by Crippen LogP contribution is 2.35. The fraction of sp³-hybridized carbons (Fsp3) is 0.625. The number of imide groups is 1. The van der Waals surface area contributed by atoms with Crippen molar-refractivity contribution in [1.82, 2.24) is 10.2 Å². The van der Waals surface area contributed by atoms with Gasteiger partial charge < -0.3 is 16.2 Å². The number of carbonyl (C=O) groups excluding carboxylic acids is 2. The van der Waals surface area contributed by atoms with Crippen LogP contribution in [-0.4, -0.2) is 52.2 Å². The maximum atomic E-state index is 12.6. The summed E-state index contributed by atoms with van der Waals surface area (Å²) in [4.78, 5) is 33.4. The summed E-state index contributed by atoms with van der Waals surface area (Å²) in [6.07, 6.45) is -4.98. The summed E-state index contributed by atoms with van der Waals surface area (Å²) in [5.41, 5.74) is 2.01. The minimum absolute atomic E-state index is 0.145. The molecule has 0 bridgehead atoms. The van der Waals surface area contributed by atoms with Gasteiger partial charge in [-0.15, -0.1) is 0 Å². The second-order valence-corrected chi connectivity index (χ2v) is 3.91. The Bertz CT molecular complexity index is 411. The van der Waals surface area contributed by atoms with Gasteiger partial charge in [-0.05, 0) is 6.92 Å². The number of urea groups is 1. The largest absolute Gasteiger partial charge is 0.480 e. The van der Waals surface area contributed by atoms with Crippen molar-refractivity contribution in [3.05, 3.63) is 0 Å². The molecule has 102 valence electrons. The van der Waals surface area contributed by atoms with Gasteiger partial charge in [0.15, 0.2) is 0 Å². The van der Waals surface area contributed by atoms with Gasteiger partial charge in [-0.2, -0.15) is 13.2 Å². The fourth-order valence-corrected chi connectivity index (χ4v) is 1.33. The third-order valence-corrected chi connectivity index (χ3v) is 2.54. The van der Waals surface area contributed by atoms with Crippen LogP contribution in [0.4, 0.5) is 18.0 Å². The maximum Gasteiger partial charge on any atom is 0.420 e. The molecule has 3 amide bonds. The van der Waals surface area contributed by atoms with Crippen LogP contribution in [0.5, 0.6) is 0 Å². The van der Waals surface area contributed by atoms with E-state index in [2.05, 4.69) is 0 Å². The third kappa shape index (κ3) is 2.10. The molecule has 1 aliphatic rings. The molecule has 0 aliphatic carbocycles. The van der Waals surface area contributed by atoms with E-state index in [0.29, 0.717) is 6.92 Å². The smallest absolute Gasteiger partial charge is 0.420 e. The van der Waals surface area contributed by atoms with Gasteiger partial charge in [-0.3, -0.25) is 14.5 Å². The van der Waals surface area contributed by atoms with Gasteiger partial charge in [-0.1, -0.05) is 0 Å². The molecule has 2 atom stereocenters. The Morgan fingerprint density at radius 2 is 2.06 bits per heavy atom. The Morgan fingerprint density at radius 3 is 2.39 bits per heavy atom. The summed E-state index contributed by atoms with van der Waals surface area (Å²) in [5, 5.41) is 9.97. The first-order valence-electron chi connectivity index (χ1n) is 4.70. The average Bonchev–Trinajstić information content (AvgIpc) is 2.42. The predicted molar refractivity (Wildman–Crippen MR) is 50.3 cm³/mol.